The molecular formula is C18H17F3N4O. The number of urea groups is 1. The molecular weight excluding hydrogens is 345 g/mol. The van der Waals surface area contributed by atoms with E-state index in [2.05, 4.69) is 15.7 Å². The van der Waals surface area contributed by atoms with E-state index in [1.54, 1.807) is 13.0 Å². The second-order valence-electron chi connectivity index (χ2n) is 5.95. The second kappa shape index (κ2) is 7.07. The Kier molecular flexibility index (Phi) is 4.83. The summed E-state index contributed by atoms with van der Waals surface area (Å²) in [5.41, 5.74) is -0.295. The highest BCUT2D eigenvalue weighted by Crippen LogP contribution is 2.27. The summed E-state index contributed by atoms with van der Waals surface area (Å²) in [6.45, 7) is 1.82. The summed E-state index contributed by atoms with van der Waals surface area (Å²) in [6, 6.07) is 13.3. The fraction of sp³-hybridized carbons (Fsp3) is 0.222. The molecule has 26 heavy (non-hydrogen) atoms. The van der Waals surface area contributed by atoms with E-state index < -0.39 is 23.9 Å². The van der Waals surface area contributed by atoms with Crippen LogP contribution in [-0.4, -0.2) is 21.9 Å². The van der Waals surface area contributed by atoms with Crippen LogP contribution in [0.15, 0.2) is 54.7 Å². The normalized spacial score (nSPS) is 12.8. The van der Waals surface area contributed by atoms with Gasteiger partial charge in [-0.15, -0.1) is 0 Å². The maximum Gasteiger partial charge on any atom is 0.435 e. The number of halogens is 3. The van der Waals surface area contributed by atoms with Crippen LogP contribution in [0.5, 0.6) is 0 Å². The SMILES string of the molecule is CC(Cn1ccc(C(F)(F)F)n1)NC(=O)Nc1cccc2ccccc12. The van der Waals surface area contributed by atoms with Crippen molar-refractivity contribution in [2.45, 2.75) is 25.7 Å². The van der Waals surface area contributed by atoms with Crippen LogP contribution in [0.4, 0.5) is 23.7 Å². The Hall–Kier alpha value is -3.03. The van der Waals surface area contributed by atoms with Gasteiger partial charge >= 0.3 is 12.2 Å². The Labute approximate surface area is 147 Å². The van der Waals surface area contributed by atoms with Gasteiger partial charge < -0.3 is 10.6 Å². The minimum absolute atomic E-state index is 0.124. The molecule has 5 nitrogen and oxygen atoms in total. The van der Waals surface area contributed by atoms with Crippen LogP contribution in [0.1, 0.15) is 12.6 Å². The van der Waals surface area contributed by atoms with Gasteiger partial charge in [0.1, 0.15) is 0 Å². The molecule has 136 valence electrons. The molecule has 0 fully saturated rings. The van der Waals surface area contributed by atoms with Gasteiger partial charge in [-0.1, -0.05) is 36.4 Å². The Morgan fingerprint density at radius 3 is 2.62 bits per heavy atom. The zero-order valence-electron chi connectivity index (χ0n) is 13.9. The lowest BCUT2D eigenvalue weighted by atomic mass is 10.1. The van der Waals surface area contributed by atoms with Crippen molar-refractivity contribution in [3.63, 3.8) is 0 Å². The number of hydrogen-bond acceptors (Lipinski definition) is 2. The summed E-state index contributed by atoms with van der Waals surface area (Å²) in [5.74, 6) is 0. The Bertz CT molecular complexity index is 915. The molecule has 0 bridgehead atoms. The number of carbonyl (C=O) groups is 1. The summed E-state index contributed by atoms with van der Waals surface area (Å²) >= 11 is 0. The van der Waals surface area contributed by atoms with Crippen LogP contribution in [0.3, 0.4) is 0 Å². The highest BCUT2D eigenvalue weighted by Gasteiger charge is 2.33. The van der Waals surface area contributed by atoms with Crippen LogP contribution in [0.2, 0.25) is 0 Å². The Balaban J connectivity index is 1.61. The van der Waals surface area contributed by atoms with E-state index >= 15 is 0 Å². The molecule has 0 aliphatic heterocycles. The van der Waals surface area contributed by atoms with Crippen LogP contribution >= 0.6 is 0 Å². The van der Waals surface area contributed by atoms with Crippen LogP contribution < -0.4 is 10.6 Å². The molecule has 2 amide bonds. The fourth-order valence-corrected chi connectivity index (χ4v) is 2.66. The lowest BCUT2D eigenvalue weighted by Gasteiger charge is -2.15. The van der Waals surface area contributed by atoms with Crippen molar-refractivity contribution in [3.8, 4) is 0 Å². The summed E-state index contributed by atoms with van der Waals surface area (Å²) in [6.07, 6.45) is -3.24. The minimum atomic E-state index is -4.48. The molecule has 1 unspecified atom stereocenters. The summed E-state index contributed by atoms with van der Waals surface area (Å²) < 4.78 is 38.8. The monoisotopic (exact) mass is 362 g/mol. The second-order valence-corrected chi connectivity index (χ2v) is 5.95. The van der Waals surface area contributed by atoms with Crippen molar-refractivity contribution >= 4 is 22.5 Å². The van der Waals surface area contributed by atoms with E-state index in [1.165, 1.54) is 6.20 Å². The Morgan fingerprint density at radius 2 is 1.88 bits per heavy atom. The summed E-state index contributed by atoms with van der Waals surface area (Å²) in [4.78, 5) is 12.2. The average Bonchev–Trinajstić information content (AvgIpc) is 3.03. The molecule has 0 saturated carbocycles. The third-order valence-electron chi connectivity index (χ3n) is 3.81. The zero-order valence-corrected chi connectivity index (χ0v) is 13.9. The fourth-order valence-electron chi connectivity index (χ4n) is 2.66. The molecule has 0 aliphatic rings. The van der Waals surface area contributed by atoms with Gasteiger partial charge in [-0.25, -0.2) is 4.79 Å². The molecule has 0 radical (unpaired) electrons. The number of amides is 2. The first kappa shape index (κ1) is 17.8. The number of hydrogen-bond donors (Lipinski definition) is 2. The van der Waals surface area contributed by atoms with E-state index in [0.29, 0.717) is 5.69 Å². The first-order chi connectivity index (χ1) is 12.3. The standard InChI is InChI=1S/C18H17F3N4O/c1-12(11-25-10-9-16(24-25)18(19,20)21)22-17(26)23-15-8-4-6-13-5-2-3-7-14(13)15/h2-10,12H,11H2,1H3,(H2,22,23,26). The number of alkyl halides is 3. The first-order valence-corrected chi connectivity index (χ1v) is 7.99. The van der Waals surface area contributed by atoms with Crippen molar-refractivity contribution in [1.82, 2.24) is 15.1 Å². The molecule has 2 N–H and O–H groups in total. The number of nitrogens with one attached hydrogen (secondary N) is 2. The van der Waals surface area contributed by atoms with Crippen LogP contribution in [0.25, 0.3) is 10.8 Å². The summed E-state index contributed by atoms with van der Waals surface area (Å²) in [5, 5.41) is 10.8. The molecule has 3 rings (SSSR count). The highest BCUT2D eigenvalue weighted by atomic mass is 19.4. The maximum atomic E-state index is 12.6. The van der Waals surface area contributed by atoms with Gasteiger partial charge in [-0.3, -0.25) is 4.68 Å². The topological polar surface area (TPSA) is 59.0 Å². The Morgan fingerprint density at radius 1 is 1.15 bits per heavy atom. The molecule has 3 aromatic rings. The highest BCUT2D eigenvalue weighted by molar-refractivity contribution is 6.01. The number of aromatic nitrogens is 2. The smallest absolute Gasteiger partial charge is 0.334 e. The van der Waals surface area contributed by atoms with Crippen molar-refractivity contribution in [1.29, 1.82) is 0 Å². The number of nitrogens with zero attached hydrogens (tertiary/aromatic N) is 2. The molecule has 0 saturated heterocycles. The van der Waals surface area contributed by atoms with Crippen molar-refractivity contribution in [2.75, 3.05) is 5.32 Å². The average molecular weight is 362 g/mol. The molecule has 0 aliphatic carbocycles. The van der Waals surface area contributed by atoms with Gasteiger partial charge in [-0.05, 0) is 24.4 Å². The van der Waals surface area contributed by atoms with Gasteiger partial charge in [-0.2, -0.15) is 18.3 Å². The number of carbonyl (C=O) groups excluding carboxylic acids is 1. The van der Waals surface area contributed by atoms with Gasteiger partial charge in [0.15, 0.2) is 5.69 Å². The lowest BCUT2D eigenvalue weighted by Crippen LogP contribution is -2.38. The quantitative estimate of drug-likeness (QED) is 0.728. The van der Waals surface area contributed by atoms with E-state index in [-0.39, 0.29) is 6.54 Å². The van der Waals surface area contributed by atoms with Crippen molar-refractivity contribution in [2.24, 2.45) is 0 Å². The lowest BCUT2D eigenvalue weighted by molar-refractivity contribution is -0.141. The van der Waals surface area contributed by atoms with Crippen molar-refractivity contribution in [3.05, 3.63) is 60.4 Å². The third-order valence-corrected chi connectivity index (χ3v) is 3.81. The third kappa shape index (κ3) is 4.14. The molecule has 0 spiro atoms. The van der Waals surface area contributed by atoms with Gasteiger partial charge in [0.25, 0.3) is 0 Å². The number of anilines is 1. The largest absolute Gasteiger partial charge is 0.435 e. The predicted octanol–water partition coefficient (Wildman–Crippen LogP) is 4.27. The first-order valence-electron chi connectivity index (χ1n) is 7.99. The molecule has 2 aromatic carbocycles. The van der Waals surface area contributed by atoms with Gasteiger partial charge in [0.05, 0.1) is 12.2 Å². The number of benzene rings is 2. The maximum absolute atomic E-state index is 12.6. The van der Waals surface area contributed by atoms with Gasteiger partial charge in [0.2, 0.25) is 0 Å². The molecule has 1 atom stereocenters. The van der Waals surface area contributed by atoms with Crippen LogP contribution in [-0.2, 0) is 12.7 Å². The zero-order chi connectivity index (χ0) is 18.7. The van der Waals surface area contributed by atoms with E-state index in [4.69, 9.17) is 0 Å². The van der Waals surface area contributed by atoms with E-state index in [1.807, 2.05) is 36.4 Å². The summed E-state index contributed by atoms with van der Waals surface area (Å²) in [7, 11) is 0. The van der Waals surface area contributed by atoms with Crippen molar-refractivity contribution < 1.29 is 18.0 Å². The number of rotatable bonds is 4. The minimum Gasteiger partial charge on any atom is -0.334 e. The predicted molar refractivity (Wildman–Crippen MR) is 92.8 cm³/mol. The van der Waals surface area contributed by atoms with Crippen LogP contribution in [0, 0.1) is 0 Å². The van der Waals surface area contributed by atoms with E-state index in [9.17, 15) is 18.0 Å². The van der Waals surface area contributed by atoms with Gasteiger partial charge in [0, 0.05) is 17.6 Å². The molecule has 8 heteroatoms. The molecule has 1 aromatic heterocycles. The molecule has 1 heterocycles. The van der Waals surface area contributed by atoms with E-state index in [0.717, 1.165) is 21.5 Å². The number of fused-ring (bicyclic) bond motifs is 1.